The maximum absolute atomic E-state index is 12.4. The van der Waals surface area contributed by atoms with Crippen LogP contribution >= 0.6 is 0 Å². The second-order valence-corrected chi connectivity index (χ2v) is 7.82. The molecule has 3 aromatic rings. The molecule has 6 heteroatoms. The van der Waals surface area contributed by atoms with Gasteiger partial charge in [-0.15, -0.1) is 0 Å². The second kappa shape index (κ2) is 6.75. The molecule has 0 fully saturated rings. The number of esters is 1. The summed E-state index contributed by atoms with van der Waals surface area (Å²) in [5.74, 6) is 0.479. The third-order valence-corrected chi connectivity index (χ3v) is 6.32. The summed E-state index contributed by atoms with van der Waals surface area (Å²) in [6, 6.07) is 18.3. The molecule has 0 amide bonds. The molecule has 126 valence electrons. The summed E-state index contributed by atoms with van der Waals surface area (Å²) >= 11 is 0.102. The van der Waals surface area contributed by atoms with Crippen molar-refractivity contribution in [1.29, 1.82) is 0 Å². The molecular formula is C19H17N3O2Se. The van der Waals surface area contributed by atoms with Crippen LogP contribution in [0.15, 0.2) is 60.8 Å². The third-order valence-electron chi connectivity index (χ3n) is 3.97. The van der Waals surface area contributed by atoms with Crippen molar-refractivity contribution in [3.63, 3.8) is 0 Å². The van der Waals surface area contributed by atoms with Gasteiger partial charge in [0.2, 0.25) is 0 Å². The van der Waals surface area contributed by atoms with Gasteiger partial charge in [0.15, 0.2) is 0 Å². The van der Waals surface area contributed by atoms with E-state index in [0.717, 1.165) is 18.1 Å². The molecular weight excluding hydrogens is 381 g/mol. The predicted octanol–water partition coefficient (Wildman–Crippen LogP) is 2.31. The number of rotatable bonds is 4. The molecule has 0 spiro atoms. The van der Waals surface area contributed by atoms with Crippen molar-refractivity contribution in [3.05, 3.63) is 71.9 Å². The van der Waals surface area contributed by atoms with Crippen LogP contribution in [0.5, 0.6) is 0 Å². The van der Waals surface area contributed by atoms with Gasteiger partial charge < -0.3 is 0 Å². The number of aromatic nitrogens is 2. The fraction of sp³-hybridized carbons (Fsp3) is 0.158. The van der Waals surface area contributed by atoms with Gasteiger partial charge in [0.25, 0.3) is 0 Å². The zero-order valence-electron chi connectivity index (χ0n) is 13.8. The first-order chi connectivity index (χ1) is 12.3. The molecule has 0 saturated heterocycles. The van der Waals surface area contributed by atoms with E-state index in [1.807, 2.05) is 41.9 Å². The number of ether oxygens (including phenoxy) is 1. The minimum atomic E-state index is -0.327. The van der Waals surface area contributed by atoms with Gasteiger partial charge in [0.05, 0.1) is 0 Å². The predicted molar refractivity (Wildman–Crippen MR) is 97.5 cm³/mol. The summed E-state index contributed by atoms with van der Waals surface area (Å²) in [4.78, 5) is 12.4. The summed E-state index contributed by atoms with van der Waals surface area (Å²) in [6.07, 6.45) is 1.61. The maximum atomic E-state index is 12.4. The van der Waals surface area contributed by atoms with E-state index in [9.17, 15) is 4.79 Å². The summed E-state index contributed by atoms with van der Waals surface area (Å²) < 4.78 is 10.7. The van der Waals surface area contributed by atoms with Gasteiger partial charge in [0.1, 0.15) is 0 Å². The Kier molecular flexibility index (Phi) is 4.30. The molecule has 1 aliphatic rings. The molecule has 0 atom stereocenters. The fourth-order valence-electron chi connectivity index (χ4n) is 2.84. The standard InChI is InChI=1S/C19H17N3O2Se/c1-2-24-19(23)16-12-20-22(15-9-4-3-5-10-15)18(16)21-13-14-8-6-7-11-17(14)25-21/h3-12H,2,13H2,1H3. The van der Waals surface area contributed by atoms with Gasteiger partial charge >= 0.3 is 152 Å². The van der Waals surface area contributed by atoms with Gasteiger partial charge in [-0.05, 0) is 0 Å². The molecule has 2 aromatic carbocycles. The molecule has 0 unspecified atom stereocenters. The molecule has 2 heterocycles. The zero-order chi connectivity index (χ0) is 17.2. The van der Waals surface area contributed by atoms with E-state index in [2.05, 4.69) is 33.3 Å². The third kappa shape index (κ3) is 2.95. The van der Waals surface area contributed by atoms with Crippen LogP contribution in [0.1, 0.15) is 22.8 Å². The average molecular weight is 398 g/mol. The van der Waals surface area contributed by atoms with Crippen LogP contribution in [0.25, 0.3) is 5.69 Å². The van der Waals surface area contributed by atoms with E-state index in [1.165, 1.54) is 10.0 Å². The van der Waals surface area contributed by atoms with Crippen LogP contribution in [-0.4, -0.2) is 37.5 Å². The van der Waals surface area contributed by atoms with Crippen molar-refractivity contribution in [2.75, 3.05) is 10.5 Å². The van der Waals surface area contributed by atoms with Crippen LogP contribution in [0.4, 0.5) is 5.82 Å². The van der Waals surface area contributed by atoms with Crippen molar-refractivity contribution in [2.45, 2.75) is 13.5 Å². The number of carbonyl (C=O) groups is 1. The number of benzene rings is 2. The summed E-state index contributed by atoms with van der Waals surface area (Å²) in [5, 5.41) is 4.48. The first-order valence-corrected chi connectivity index (χ1v) is 9.74. The Labute approximate surface area is 152 Å². The number of nitrogens with zero attached hydrogens (tertiary/aromatic N) is 3. The van der Waals surface area contributed by atoms with Gasteiger partial charge in [-0.1, -0.05) is 0 Å². The SMILES string of the molecule is CCOC(=O)c1cnn(-c2ccccc2)c1N1Cc2ccccc2[Se]1. The quantitative estimate of drug-likeness (QED) is 0.500. The molecule has 25 heavy (non-hydrogen) atoms. The van der Waals surface area contributed by atoms with Crippen molar-refractivity contribution in [1.82, 2.24) is 9.78 Å². The molecule has 0 radical (unpaired) electrons. The van der Waals surface area contributed by atoms with E-state index >= 15 is 0 Å². The van der Waals surface area contributed by atoms with Crippen LogP contribution in [0, 0.1) is 0 Å². The van der Waals surface area contributed by atoms with Crippen LogP contribution in [0.3, 0.4) is 0 Å². The van der Waals surface area contributed by atoms with Crippen molar-refractivity contribution in [3.8, 4) is 5.69 Å². The topological polar surface area (TPSA) is 47.4 Å². The molecule has 5 nitrogen and oxygen atoms in total. The number of para-hydroxylation sites is 1. The Morgan fingerprint density at radius 2 is 1.92 bits per heavy atom. The van der Waals surface area contributed by atoms with E-state index in [4.69, 9.17) is 4.74 Å². The van der Waals surface area contributed by atoms with Crippen molar-refractivity contribution < 1.29 is 9.53 Å². The Morgan fingerprint density at radius 3 is 2.68 bits per heavy atom. The molecule has 1 aromatic heterocycles. The average Bonchev–Trinajstić information content (AvgIpc) is 3.26. The molecule has 1 aliphatic heterocycles. The Balaban J connectivity index is 1.79. The van der Waals surface area contributed by atoms with E-state index in [0.29, 0.717) is 12.2 Å². The first-order valence-electron chi connectivity index (χ1n) is 8.12. The summed E-state index contributed by atoms with van der Waals surface area (Å²) in [6.45, 7) is 2.94. The number of carbonyl (C=O) groups excluding carboxylic acids is 1. The van der Waals surface area contributed by atoms with Crippen LogP contribution in [0.2, 0.25) is 0 Å². The summed E-state index contributed by atoms with van der Waals surface area (Å²) in [5.41, 5.74) is 2.75. The first kappa shape index (κ1) is 15.9. The number of hydrogen-bond acceptors (Lipinski definition) is 4. The summed E-state index contributed by atoms with van der Waals surface area (Å²) in [7, 11) is 0. The Hall–Kier alpha value is -2.56. The van der Waals surface area contributed by atoms with E-state index in [1.54, 1.807) is 6.20 Å². The fourth-order valence-corrected chi connectivity index (χ4v) is 5.13. The van der Waals surface area contributed by atoms with Gasteiger partial charge in [-0.25, -0.2) is 0 Å². The van der Waals surface area contributed by atoms with Gasteiger partial charge in [0, 0.05) is 0 Å². The molecule has 4 rings (SSSR count). The van der Waals surface area contributed by atoms with Crippen molar-refractivity contribution in [2.24, 2.45) is 0 Å². The zero-order valence-corrected chi connectivity index (χ0v) is 15.5. The molecule has 0 saturated carbocycles. The minimum absolute atomic E-state index is 0.102. The van der Waals surface area contributed by atoms with Crippen LogP contribution in [-0.2, 0) is 11.3 Å². The monoisotopic (exact) mass is 399 g/mol. The second-order valence-electron chi connectivity index (χ2n) is 5.59. The molecule has 0 aliphatic carbocycles. The van der Waals surface area contributed by atoms with E-state index < -0.39 is 0 Å². The number of hydrogen-bond donors (Lipinski definition) is 0. The molecule has 0 bridgehead atoms. The Bertz CT molecular complexity index is 883. The number of anilines is 1. The number of fused-ring (bicyclic) bond motifs is 1. The van der Waals surface area contributed by atoms with Crippen LogP contribution < -0.4 is 8.38 Å². The van der Waals surface area contributed by atoms with Gasteiger partial charge in [-0.2, -0.15) is 0 Å². The Morgan fingerprint density at radius 1 is 1.16 bits per heavy atom. The van der Waals surface area contributed by atoms with Crippen molar-refractivity contribution >= 4 is 31.4 Å². The van der Waals surface area contributed by atoms with Gasteiger partial charge in [-0.3, -0.25) is 0 Å². The van der Waals surface area contributed by atoms with E-state index in [-0.39, 0.29) is 21.1 Å². The normalized spacial score (nSPS) is 12.9. The molecule has 0 N–H and O–H groups in total.